The molecule has 5 N–H and O–H groups in total. The molecule has 1 aliphatic rings. The number of aliphatic hydroxyl groups excluding tert-OH is 1. The minimum Gasteiger partial charge on any atom is -0.409 e. The minimum atomic E-state index is 0.0393. The zero-order valence-electron chi connectivity index (χ0n) is 10.7. The van der Waals surface area contributed by atoms with Gasteiger partial charge in [0.15, 0.2) is 0 Å². The first-order valence-electron chi connectivity index (χ1n) is 6.42. The summed E-state index contributed by atoms with van der Waals surface area (Å²) in [6.07, 6.45) is 6.40. The zero-order chi connectivity index (χ0) is 12.7. The molecule has 1 saturated carbocycles. The molecule has 1 rings (SSSR count). The van der Waals surface area contributed by atoms with Gasteiger partial charge in [0.25, 0.3) is 0 Å². The highest BCUT2D eigenvalue weighted by Gasteiger charge is 2.31. The summed E-state index contributed by atoms with van der Waals surface area (Å²) >= 11 is 0. The van der Waals surface area contributed by atoms with E-state index in [1.54, 1.807) is 0 Å². The first kappa shape index (κ1) is 14.3. The van der Waals surface area contributed by atoms with E-state index in [0.29, 0.717) is 6.42 Å². The van der Waals surface area contributed by atoms with Crippen LogP contribution >= 0.6 is 0 Å². The van der Waals surface area contributed by atoms with Gasteiger partial charge in [0, 0.05) is 31.0 Å². The summed E-state index contributed by atoms with van der Waals surface area (Å²) in [6, 6.07) is 0.163. The molecule has 17 heavy (non-hydrogen) atoms. The predicted molar refractivity (Wildman–Crippen MR) is 68.1 cm³/mol. The second kappa shape index (κ2) is 6.81. The van der Waals surface area contributed by atoms with Gasteiger partial charge in [-0.1, -0.05) is 24.4 Å². The van der Waals surface area contributed by atoms with Crippen LogP contribution in [0.5, 0.6) is 0 Å². The molecule has 0 aromatic heterocycles. The molecule has 5 nitrogen and oxygen atoms in total. The zero-order valence-corrected chi connectivity index (χ0v) is 10.7. The van der Waals surface area contributed by atoms with Gasteiger partial charge in [-0.25, -0.2) is 0 Å². The van der Waals surface area contributed by atoms with Crippen LogP contribution in [0.1, 0.15) is 45.4 Å². The van der Waals surface area contributed by atoms with E-state index < -0.39 is 0 Å². The number of rotatable bonds is 6. The molecule has 1 unspecified atom stereocenters. The van der Waals surface area contributed by atoms with Crippen molar-refractivity contribution in [3.05, 3.63) is 0 Å². The average Bonchev–Trinajstić information content (AvgIpc) is 2.37. The molecule has 0 aromatic carbocycles. The summed E-state index contributed by atoms with van der Waals surface area (Å²) in [5, 5.41) is 24.4. The number of aliphatic hydroxyl groups is 1. The van der Waals surface area contributed by atoms with Crippen molar-refractivity contribution in [1.29, 1.82) is 0 Å². The Morgan fingerprint density at radius 2 is 2.06 bits per heavy atom. The number of hydrogen-bond donors (Lipinski definition) is 4. The van der Waals surface area contributed by atoms with Crippen LogP contribution in [0, 0.1) is 5.41 Å². The minimum absolute atomic E-state index is 0.0393. The Bertz CT molecular complexity index is 250. The predicted octanol–water partition coefficient (Wildman–Crippen LogP) is 1.04. The summed E-state index contributed by atoms with van der Waals surface area (Å²) < 4.78 is 0. The van der Waals surface area contributed by atoms with E-state index >= 15 is 0 Å². The van der Waals surface area contributed by atoms with E-state index in [1.165, 1.54) is 19.3 Å². The molecule has 1 aliphatic carbocycles. The normalized spacial score (nSPS) is 22.4. The monoisotopic (exact) mass is 243 g/mol. The molecule has 0 bridgehead atoms. The van der Waals surface area contributed by atoms with Gasteiger partial charge < -0.3 is 21.4 Å². The van der Waals surface area contributed by atoms with Crippen LogP contribution in [0.15, 0.2) is 5.16 Å². The van der Waals surface area contributed by atoms with Gasteiger partial charge in [-0.2, -0.15) is 0 Å². The largest absolute Gasteiger partial charge is 0.409 e. The van der Waals surface area contributed by atoms with Gasteiger partial charge in [-0.3, -0.25) is 0 Å². The third-order valence-electron chi connectivity index (χ3n) is 3.72. The molecule has 0 spiro atoms. The van der Waals surface area contributed by atoms with Crippen molar-refractivity contribution >= 4 is 5.84 Å². The molecule has 0 heterocycles. The van der Waals surface area contributed by atoms with Crippen molar-refractivity contribution in [2.75, 3.05) is 13.2 Å². The third-order valence-corrected chi connectivity index (χ3v) is 3.72. The Balaban J connectivity index is 2.36. The van der Waals surface area contributed by atoms with Crippen LogP contribution in [0.25, 0.3) is 0 Å². The lowest BCUT2D eigenvalue weighted by atomic mass is 9.74. The van der Waals surface area contributed by atoms with Gasteiger partial charge in [-0.05, 0) is 19.8 Å². The lowest BCUT2D eigenvalue weighted by Crippen LogP contribution is -2.43. The number of nitrogens with two attached hydrogens (primary N) is 1. The Morgan fingerprint density at radius 1 is 1.41 bits per heavy atom. The summed E-state index contributed by atoms with van der Waals surface area (Å²) in [6.45, 7) is 3.06. The molecular weight excluding hydrogens is 218 g/mol. The van der Waals surface area contributed by atoms with Crippen LogP contribution in [0.2, 0.25) is 0 Å². The van der Waals surface area contributed by atoms with Crippen molar-refractivity contribution in [3.8, 4) is 0 Å². The molecule has 0 aromatic rings. The number of hydrogen-bond acceptors (Lipinski definition) is 4. The van der Waals surface area contributed by atoms with Crippen LogP contribution < -0.4 is 11.1 Å². The second-order valence-corrected chi connectivity index (χ2v) is 5.30. The van der Waals surface area contributed by atoms with E-state index in [-0.39, 0.29) is 23.9 Å². The second-order valence-electron chi connectivity index (χ2n) is 5.30. The summed E-state index contributed by atoms with van der Waals surface area (Å²) in [4.78, 5) is 0. The van der Waals surface area contributed by atoms with Gasteiger partial charge in [0.2, 0.25) is 0 Å². The Kier molecular flexibility index (Phi) is 5.71. The number of nitrogens with zero attached hydrogens (tertiary/aromatic N) is 1. The maximum Gasteiger partial charge on any atom is 0.140 e. The first-order chi connectivity index (χ1) is 8.12. The average molecular weight is 243 g/mol. The van der Waals surface area contributed by atoms with Gasteiger partial charge >= 0.3 is 0 Å². The molecule has 0 amide bonds. The van der Waals surface area contributed by atoms with Crippen LogP contribution in [-0.4, -0.2) is 35.3 Å². The van der Waals surface area contributed by atoms with Crippen molar-refractivity contribution in [3.63, 3.8) is 0 Å². The fraction of sp³-hybridized carbons (Fsp3) is 0.917. The van der Waals surface area contributed by atoms with Crippen LogP contribution in [0.3, 0.4) is 0 Å². The molecule has 100 valence electrons. The smallest absolute Gasteiger partial charge is 0.140 e. The quantitative estimate of drug-likeness (QED) is 0.243. The van der Waals surface area contributed by atoms with Gasteiger partial charge in [-0.15, -0.1) is 0 Å². The van der Waals surface area contributed by atoms with Crippen molar-refractivity contribution in [1.82, 2.24) is 5.32 Å². The van der Waals surface area contributed by atoms with Crippen molar-refractivity contribution in [2.24, 2.45) is 16.3 Å². The fourth-order valence-corrected chi connectivity index (χ4v) is 2.51. The van der Waals surface area contributed by atoms with E-state index in [4.69, 9.17) is 10.9 Å². The standard InChI is InChI=1S/C12H25N3O2/c1-10(7-11(13)15-17)14-8-12(9-16)5-3-2-4-6-12/h10,14,16-17H,2-9H2,1H3,(H2,13,15). The maximum atomic E-state index is 9.55. The van der Waals surface area contributed by atoms with E-state index in [2.05, 4.69) is 10.5 Å². The van der Waals surface area contributed by atoms with Crippen LogP contribution in [-0.2, 0) is 0 Å². The highest BCUT2D eigenvalue weighted by atomic mass is 16.4. The summed E-state index contributed by atoms with van der Waals surface area (Å²) in [5.74, 6) is 0.242. The molecule has 5 heteroatoms. The third kappa shape index (κ3) is 4.52. The Labute approximate surface area is 103 Å². The van der Waals surface area contributed by atoms with Crippen molar-refractivity contribution < 1.29 is 10.3 Å². The van der Waals surface area contributed by atoms with E-state index in [9.17, 15) is 5.11 Å². The van der Waals surface area contributed by atoms with E-state index in [0.717, 1.165) is 19.4 Å². The maximum absolute atomic E-state index is 9.55. The Hall–Kier alpha value is -0.810. The first-order valence-corrected chi connectivity index (χ1v) is 6.42. The van der Waals surface area contributed by atoms with E-state index in [1.807, 2.05) is 6.92 Å². The molecule has 0 saturated heterocycles. The Morgan fingerprint density at radius 3 is 2.59 bits per heavy atom. The molecule has 1 atom stereocenters. The number of nitrogens with one attached hydrogen (secondary N) is 1. The fourth-order valence-electron chi connectivity index (χ4n) is 2.51. The lowest BCUT2D eigenvalue weighted by Gasteiger charge is -2.36. The van der Waals surface area contributed by atoms with Crippen LogP contribution in [0.4, 0.5) is 0 Å². The SMILES string of the molecule is CC(CC(N)=NO)NCC1(CO)CCCCC1. The summed E-state index contributed by atoms with van der Waals surface area (Å²) in [5.41, 5.74) is 5.50. The van der Waals surface area contributed by atoms with Gasteiger partial charge in [0.05, 0.1) is 0 Å². The van der Waals surface area contributed by atoms with Crippen molar-refractivity contribution in [2.45, 2.75) is 51.5 Å². The molecule has 0 radical (unpaired) electrons. The molecular formula is C12H25N3O2. The molecule has 1 fully saturated rings. The molecule has 0 aliphatic heterocycles. The highest BCUT2D eigenvalue weighted by Crippen LogP contribution is 2.35. The topological polar surface area (TPSA) is 90.9 Å². The summed E-state index contributed by atoms with van der Waals surface area (Å²) in [7, 11) is 0. The van der Waals surface area contributed by atoms with Gasteiger partial charge in [0.1, 0.15) is 5.84 Å². The lowest BCUT2D eigenvalue weighted by molar-refractivity contribution is 0.0791. The number of amidine groups is 1. The number of oxime groups is 1. The highest BCUT2D eigenvalue weighted by molar-refractivity contribution is 5.80.